The van der Waals surface area contributed by atoms with Crippen LogP contribution in [0.1, 0.15) is 25.3 Å². The molecule has 1 aromatic carbocycles. The molecule has 23 heavy (non-hydrogen) atoms. The molecule has 0 aromatic heterocycles. The van der Waals surface area contributed by atoms with Gasteiger partial charge in [0.2, 0.25) is 0 Å². The molecule has 0 radical (unpaired) electrons. The Morgan fingerprint density at radius 2 is 2.09 bits per heavy atom. The number of benzene rings is 1. The van der Waals surface area contributed by atoms with Crippen LogP contribution < -0.4 is 10.1 Å². The molecular formula is C19H30N2O2. The van der Waals surface area contributed by atoms with E-state index in [0.29, 0.717) is 0 Å². The number of piperidine rings is 1. The second-order valence-electron chi connectivity index (χ2n) is 6.40. The van der Waals surface area contributed by atoms with Crippen LogP contribution in [0.2, 0.25) is 0 Å². The SMILES string of the molecule is COc1ccccc1/C=C/CNCC1CCN(C[C@H](C)O)CC1. The summed E-state index contributed by atoms with van der Waals surface area (Å²) in [4.78, 5) is 2.36. The maximum atomic E-state index is 9.43. The minimum atomic E-state index is -0.218. The molecule has 2 N–H and O–H groups in total. The van der Waals surface area contributed by atoms with Crippen molar-refractivity contribution in [1.82, 2.24) is 10.2 Å². The van der Waals surface area contributed by atoms with Gasteiger partial charge in [-0.25, -0.2) is 0 Å². The Balaban J connectivity index is 1.63. The van der Waals surface area contributed by atoms with Crippen LogP contribution in [-0.4, -0.2) is 55.9 Å². The van der Waals surface area contributed by atoms with Gasteiger partial charge in [-0.3, -0.25) is 0 Å². The van der Waals surface area contributed by atoms with Crippen molar-refractivity contribution in [3.8, 4) is 5.75 Å². The number of para-hydroxylation sites is 1. The van der Waals surface area contributed by atoms with E-state index in [4.69, 9.17) is 4.74 Å². The summed E-state index contributed by atoms with van der Waals surface area (Å²) in [7, 11) is 1.70. The van der Waals surface area contributed by atoms with Crippen molar-refractivity contribution >= 4 is 6.08 Å². The topological polar surface area (TPSA) is 44.7 Å². The van der Waals surface area contributed by atoms with Crippen LogP contribution in [0.5, 0.6) is 5.75 Å². The molecule has 0 saturated carbocycles. The van der Waals surface area contributed by atoms with Gasteiger partial charge in [0.1, 0.15) is 5.75 Å². The molecule has 1 aliphatic rings. The van der Waals surface area contributed by atoms with E-state index in [1.165, 1.54) is 12.8 Å². The largest absolute Gasteiger partial charge is 0.496 e. The molecule has 1 fully saturated rings. The maximum Gasteiger partial charge on any atom is 0.126 e. The van der Waals surface area contributed by atoms with E-state index in [2.05, 4.69) is 28.4 Å². The van der Waals surface area contributed by atoms with Crippen LogP contribution >= 0.6 is 0 Å². The van der Waals surface area contributed by atoms with E-state index >= 15 is 0 Å². The van der Waals surface area contributed by atoms with Crippen molar-refractivity contribution in [1.29, 1.82) is 0 Å². The molecule has 0 bridgehead atoms. The van der Waals surface area contributed by atoms with Gasteiger partial charge in [-0.15, -0.1) is 0 Å². The first kappa shape index (κ1) is 18.0. The molecule has 0 aliphatic carbocycles. The molecule has 1 atom stereocenters. The molecule has 4 nitrogen and oxygen atoms in total. The number of β-amino-alcohol motifs (C(OH)–C–C–N with tert-alkyl or cyclic N) is 1. The Kier molecular flexibility index (Phi) is 7.59. The Bertz CT molecular complexity index is 480. The molecule has 0 spiro atoms. The minimum absolute atomic E-state index is 0.218. The number of methoxy groups -OCH3 is 1. The van der Waals surface area contributed by atoms with Crippen molar-refractivity contribution in [2.45, 2.75) is 25.9 Å². The average Bonchev–Trinajstić information content (AvgIpc) is 2.56. The van der Waals surface area contributed by atoms with Crippen molar-refractivity contribution < 1.29 is 9.84 Å². The van der Waals surface area contributed by atoms with E-state index in [9.17, 15) is 5.11 Å². The number of hydrogen-bond donors (Lipinski definition) is 2. The van der Waals surface area contributed by atoms with Crippen molar-refractivity contribution in [3.05, 3.63) is 35.9 Å². The van der Waals surface area contributed by atoms with Gasteiger partial charge in [-0.1, -0.05) is 30.4 Å². The smallest absolute Gasteiger partial charge is 0.126 e. The number of nitrogens with zero attached hydrogens (tertiary/aromatic N) is 1. The van der Waals surface area contributed by atoms with Gasteiger partial charge in [0.25, 0.3) is 0 Å². The molecule has 1 aliphatic heterocycles. The lowest BCUT2D eigenvalue weighted by Crippen LogP contribution is -2.40. The number of likely N-dealkylation sites (tertiary alicyclic amines) is 1. The fraction of sp³-hybridized carbons (Fsp3) is 0.579. The summed E-state index contributed by atoms with van der Waals surface area (Å²) < 4.78 is 5.34. The van der Waals surface area contributed by atoms with E-state index < -0.39 is 0 Å². The standard InChI is InChI=1S/C19H30N2O2/c1-16(22)15-21-12-9-17(10-13-21)14-20-11-5-7-18-6-3-4-8-19(18)23-2/h3-8,16-17,20,22H,9-15H2,1-2H3/b7-5+/t16-/m0/s1. The number of aliphatic hydroxyl groups is 1. The highest BCUT2D eigenvalue weighted by molar-refractivity contribution is 5.57. The second-order valence-corrected chi connectivity index (χ2v) is 6.40. The van der Waals surface area contributed by atoms with E-state index in [-0.39, 0.29) is 6.10 Å². The van der Waals surface area contributed by atoms with Gasteiger partial charge < -0.3 is 20.1 Å². The Morgan fingerprint density at radius 1 is 1.35 bits per heavy atom. The average molecular weight is 318 g/mol. The zero-order valence-corrected chi connectivity index (χ0v) is 14.4. The zero-order valence-electron chi connectivity index (χ0n) is 14.4. The Morgan fingerprint density at radius 3 is 2.78 bits per heavy atom. The summed E-state index contributed by atoms with van der Waals surface area (Å²) in [5.74, 6) is 1.66. The number of aliphatic hydroxyl groups excluding tert-OH is 1. The van der Waals surface area contributed by atoms with Crippen LogP contribution in [0.15, 0.2) is 30.3 Å². The summed E-state index contributed by atoms with van der Waals surface area (Å²) in [6.07, 6.45) is 6.48. The monoisotopic (exact) mass is 318 g/mol. The number of rotatable bonds is 8. The van der Waals surface area contributed by atoms with Gasteiger partial charge in [0.05, 0.1) is 13.2 Å². The predicted molar refractivity (Wildman–Crippen MR) is 95.7 cm³/mol. The summed E-state index contributed by atoms with van der Waals surface area (Å²) in [5, 5.41) is 13.0. The zero-order chi connectivity index (χ0) is 16.5. The first-order valence-corrected chi connectivity index (χ1v) is 8.59. The van der Waals surface area contributed by atoms with Gasteiger partial charge in [0, 0.05) is 18.7 Å². The fourth-order valence-electron chi connectivity index (χ4n) is 3.11. The van der Waals surface area contributed by atoms with Crippen LogP contribution in [0.4, 0.5) is 0 Å². The first-order valence-electron chi connectivity index (χ1n) is 8.59. The third kappa shape index (κ3) is 6.34. The quantitative estimate of drug-likeness (QED) is 0.723. The van der Waals surface area contributed by atoms with Gasteiger partial charge in [-0.05, 0) is 51.4 Å². The number of ether oxygens (including phenoxy) is 1. The molecular weight excluding hydrogens is 288 g/mol. The van der Waals surface area contributed by atoms with Crippen LogP contribution in [0.25, 0.3) is 6.08 Å². The van der Waals surface area contributed by atoms with Crippen molar-refractivity contribution in [2.75, 3.05) is 39.8 Å². The summed E-state index contributed by atoms with van der Waals surface area (Å²) in [6.45, 7) is 6.83. The highest BCUT2D eigenvalue weighted by atomic mass is 16.5. The third-order valence-corrected chi connectivity index (χ3v) is 4.36. The van der Waals surface area contributed by atoms with Crippen LogP contribution in [0.3, 0.4) is 0 Å². The predicted octanol–water partition coefficient (Wildman–Crippen LogP) is 2.39. The van der Waals surface area contributed by atoms with Gasteiger partial charge >= 0.3 is 0 Å². The molecule has 0 amide bonds. The Labute approximate surface area is 140 Å². The van der Waals surface area contributed by atoms with E-state index in [1.54, 1.807) is 7.11 Å². The number of hydrogen-bond acceptors (Lipinski definition) is 4. The summed E-state index contributed by atoms with van der Waals surface area (Å²) in [6, 6.07) is 8.05. The lowest BCUT2D eigenvalue weighted by Gasteiger charge is -2.32. The van der Waals surface area contributed by atoms with Crippen LogP contribution in [-0.2, 0) is 0 Å². The van der Waals surface area contributed by atoms with Gasteiger partial charge in [-0.2, -0.15) is 0 Å². The maximum absolute atomic E-state index is 9.43. The highest BCUT2D eigenvalue weighted by Crippen LogP contribution is 2.18. The third-order valence-electron chi connectivity index (χ3n) is 4.36. The fourth-order valence-corrected chi connectivity index (χ4v) is 3.11. The second kappa shape index (κ2) is 9.71. The molecule has 1 saturated heterocycles. The number of nitrogens with one attached hydrogen (secondary N) is 1. The summed E-state index contributed by atoms with van der Waals surface area (Å²) >= 11 is 0. The molecule has 2 rings (SSSR count). The lowest BCUT2D eigenvalue weighted by molar-refractivity contribution is 0.100. The molecule has 128 valence electrons. The summed E-state index contributed by atoms with van der Waals surface area (Å²) in [5.41, 5.74) is 1.11. The minimum Gasteiger partial charge on any atom is -0.496 e. The molecule has 1 heterocycles. The molecule has 0 unspecified atom stereocenters. The van der Waals surface area contributed by atoms with Crippen LogP contribution in [0, 0.1) is 5.92 Å². The van der Waals surface area contributed by atoms with Gasteiger partial charge in [0.15, 0.2) is 0 Å². The van der Waals surface area contributed by atoms with Crippen molar-refractivity contribution in [2.24, 2.45) is 5.92 Å². The van der Waals surface area contributed by atoms with E-state index in [0.717, 1.165) is 50.0 Å². The Hall–Kier alpha value is -1.36. The normalized spacial score (nSPS) is 18.4. The lowest BCUT2D eigenvalue weighted by atomic mass is 9.96. The molecule has 1 aromatic rings. The van der Waals surface area contributed by atoms with Crippen molar-refractivity contribution in [3.63, 3.8) is 0 Å². The van der Waals surface area contributed by atoms with E-state index in [1.807, 2.05) is 25.1 Å². The first-order chi connectivity index (χ1) is 11.2. The highest BCUT2D eigenvalue weighted by Gasteiger charge is 2.19. The molecule has 4 heteroatoms.